The zero-order valence-electron chi connectivity index (χ0n) is 18.4. The minimum atomic E-state index is -4.35. The number of hydrogen-bond donors (Lipinski definition) is 2. The van der Waals surface area contributed by atoms with Crippen molar-refractivity contribution in [3.8, 4) is 0 Å². The van der Waals surface area contributed by atoms with Crippen LogP contribution >= 0.6 is 0 Å². The molecule has 0 spiro atoms. The van der Waals surface area contributed by atoms with Gasteiger partial charge in [0.05, 0.1) is 22.4 Å². The number of fused-ring (bicyclic) bond motifs is 1. The number of carboxylic acids is 1. The van der Waals surface area contributed by atoms with Crippen molar-refractivity contribution in [2.45, 2.75) is 43.9 Å². The molecule has 0 unspecified atom stereocenters. The van der Waals surface area contributed by atoms with E-state index < -0.39 is 17.7 Å². The van der Waals surface area contributed by atoms with Crippen molar-refractivity contribution < 1.29 is 23.1 Å². The van der Waals surface area contributed by atoms with Gasteiger partial charge in [-0.3, -0.25) is 0 Å². The Morgan fingerprint density at radius 3 is 2.38 bits per heavy atom. The second-order valence-corrected chi connectivity index (χ2v) is 8.98. The fraction of sp³-hybridized carbons (Fsp3) is 0.308. The van der Waals surface area contributed by atoms with Crippen LogP contribution in [0, 0.1) is 0 Å². The van der Waals surface area contributed by atoms with Gasteiger partial charge in [0.15, 0.2) is 5.82 Å². The highest BCUT2D eigenvalue weighted by Gasteiger charge is 2.45. The van der Waals surface area contributed by atoms with Crippen LogP contribution < -0.4 is 10.2 Å². The number of halogens is 3. The lowest BCUT2D eigenvalue weighted by molar-refractivity contribution is -0.137. The highest BCUT2D eigenvalue weighted by molar-refractivity contribution is 5.87. The Labute approximate surface area is 195 Å². The van der Waals surface area contributed by atoms with Crippen molar-refractivity contribution >= 4 is 17.5 Å². The van der Waals surface area contributed by atoms with E-state index in [1.54, 1.807) is 18.3 Å². The molecular formula is C26H24F3N3O2. The molecule has 2 heterocycles. The molecule has 3 aromatic rings. The van der Waals surface area contributed by atoms with Crippen LogP contribution in [0.15, 0.2) is 60.8 Å². The molecule has 0 saturated heterocycles. The summed E-state index contributed by atoms with van der Waals surface area (Å²) >= 11 is 0. The summed E-state index contributed by atoms with van der Waals surface area (Å²) in [6.07, 6.45) is 1.12. The number of pyridine rings is 1. The first-order chi connectivity index (χ1) is 16.2. The van der Waals surface area contributed by atoms with Crippen molar-refractivity contribution in [1.29, 1.82) is 0 Å². The van der Waals surface area contributed by atoms with Gasteiger partial charge in [-0.25, -0.2) is 9.78 Å². The number of benzene rings is 2. The molecule has 5 nitrogen and oxygen atoms in total. The third kappa shape index (κ3) is 4.32. The third-order valence-corrected chi connectivity index (χ3v) is 6.65. The second kappa shape index (κ2) is 8.34. The van der Waals surface area contributed by atoms with Gasteiger partial charge in [0.25, 0.3) is 0 Å². The summed E-state index contributed by atoms with van der Waals surface area (Å²) in [4.78, 5) is 18.0. The Hall–Kier alpha value is -3.55. The molecule has 1 saturated carbocycles. The highest BCUT2D eigenvalue weighted by atomic mass is 19.4. The fourth-order valence-corrected chi connectivity index (χ4v) is 4.66. The largest absolute Gasteiger partial charge is 0.478 e. The van der Waals surface area contributed by atoms with Crippen molar-refractivity contribution in [1.82, 2.24) is 4.98 Å². The fourth-order valence-electron chi connectivity index (χ4n) is 4.66. The summed E-state index contributed by atoms with van der Waals surface area (Å²) in [6, 6.07) is 14.2. The van der Waals surface area contributed by atoms with Crippen LogP contribution in [-0.4, -0.2) is 22.6 Å². The Morgan fingerprint density at radius 2 is 1.76 bits per heavy atom. The van der Waals surface area contributed by atoms with Crippen molar-refractivity contribution in [3.05, 3.63) is 88.6 Å². The number of aromatic nitrogens is 1. The zero-order valence-corrected chi connectivity index (χ0v) is 18.4. The summed E-state index contributed by atoms with van der Waals surface area (Å²) < 4.78 is 38.8. The Bertz CT molecular complexity index is 1200. The molecule has 2 aliphatic rings. The first-order valence-corrected chi connectivity index (χ1v) is 11.3. The van der Waals surface area contributed by atoms with Crippen LogP contribution in [-0.2, 0) is 24.7 Å². The zero-order chi connectivity index (χ0) is 23.9. The number of anilines is 2. The van der Waals surface area contributed by atoms with Gasteiger partial charge in [0.2, 0.25) is 0 Å². The molecule has 34 heavy (non-hydrogen) atoms. The molecule has 0 bridgehead atoms. The number of nitrogens with one attached hydrogen (secondary N) is 1. The molecule has 8 heteroatoms. The summed E-state index contributed by atoms with van der Waals surface area (Å²) in [5, 5.41) is 12.8. The molecule has 0 atom stereocenters. The first-order valence-electron chi connectivity index (χ1n) is 11.3. The maximum absolute atomic E-state index is 12.9. The van der Waals surface area contributed by atoms with Gasteiger partial charge in [-0.1, -0.05) is 24.3 Å². The lowest BCUT2D eigenvalue weighted by Crippen LogP contribution is -2.31. The van der Waals surface area contributed by atoms with Gasteiger partial charge in [0.1, 0.15) is 0 Å². The van der Waals surface area contributed by atoms with Crippen molar-refractivity contribution in [2.24, 2.45) is 0 Å². The van der Waals surface area contributed by atoms with E-state index in [1.165, 1.54) is 12.1 Å². The van der Waals surface area contributed by atoms with E-state index in [1.807, 2.05) is 18.2 Å². The third-order valence-electron chi connectivity index (χ3n) is 6.65. The molecule has 5 rings (SSSR count). The van der Waals surface area contributed by atoms with E-state index in [-0.39, 0.29) is 11.1 Å². The molecular weight excluding hydrogens is 443 g/mol. The standard InChI is InChI=1S/C26H24F3N3O2/c27-26(28,29)21-7-3-17(4-8-21)16-32-15-1-2-18-11-14-30-23(22(18)32)31-25(12-13-25)20-9-5-19(6-10-20)24(33)34/h3-11,14H,1-2,12-13,15-16H2,(H,30,31)(H,33,34). The van der Waals surface area contributed by atoms with Crippen LogP contribution in [0.5, 0.6) is 0 Å². The highest BCUT2D eigenvalue weighted by Crippen LogP contribution is 2.50. The SMILES string of the molecule is O=C(O)c1ccc(C2(Nc3nccc4c3N(Cc3ccc(C(F)(F)F)cc3)CCC4)CC2)cc1. The van der Waals surface area contributed by atoms with Crippen LogP contribution in [0.3, 0.4) is 0 Å². The smallest absolute Gasteiger partial charge is 0.416 e. The Kier molecular flexibility index (Phi) is 5.46. The number of alkyl halides is 3. The summed E-state index contributed by atoms with van der Waals surface area (Å²) in [7, 11) is 0. The number of nitrogens with zero attached hydrogens (tertiary/aromatic N) is 2. The van der Waals surface area contributed by atoms with E-state index in [4.69, 9.17) is 0 Å². The molecule has 2 aromatic carbocycles. The van der Waals surface area contributed by atoms with Crippen LogP contribution in [0.2, 0.25) is 0 Å². The first kappa shape index (κ1) is 22.3. The molecule has 0 radical (unpaired) electrons. The maximum atomic E-state index is 12.9. The lowest BCUT2D eigenvalue weighted by Gasteiger charge is -2.34. The Balaban J connectivity index is 1.41. The number of carboxylic acid groups (broad SMARTS) is 1. The number of carbonyl (C=O) groups is 1. The average molecular weight is 467 g/mol. The van der Waals surface area contributed by atoms with Crippen LogP contribution in [0.1, 0.15) is 51.9 Å². The van der Waals surface area contributed by atoms with E-state index in [2.05, 4.69) is 15.2 Å². The van der Waals surface area contributed by atoms with Gasteiger partial charge < -0.3 is 15.3 Å². The maximum Gasteiger partial charge on any atom is 0.416 e. The topological polar surface area (TPSA) is 65.5 Å². The van der Waals surface area contributed by atoms with Gasteiger partial charge in [-0.2, -0.15) is 13.2 Å². The number of aromatic carboxylic acids is 1. The van der Waals surface area contributed by atoms with Crippen LogP contribution in [0.4, 0.5) is 24.7 Å². The monoisotopic (exact) mass is 467 g/mol. The number of hydrogen-bond acceptors (Lipinski definition) is 4. The molecule has 1 aliphatic carbocycles. The van der Waals surface area contributed by atoms with Gasteiger partial charge in [-0.15, -0.1) is 0 Å². The predicted octanol–water partition coefficient (Wildman–Crippen LogP) is 5.85. The van der Waals surface area contributed by atoms with E-state index in [9.17, 15) is 23.1 Å². The van der Waals surface area contributed by atoms with Crippen LogP contribution in [0.25, 0.3) is 0 Å². The van der Waals surface area contributed by atoms with E-state index in [0.29, 0.717) is 6.54 Å². The molecule has 1 aliphatic heterocycles. The van der Waals surface area contributed by atoms with E-state index >= 15 is 0 Å². The second-order valence-electron chi connectivity index (χ2n) is 8.98. The lowest BCUT2D eigenvalue weighted by atomic mass is 10.00. The minimum absolute atomic E-state index is 0.248. The summed E-state index contributed by atoms with van der Waals surface area (Å²) in [6.45, 7) is 1.28. The van der Waals surface area contributed by atoms with Crippen molar-refractivity contribution in [2.75, 3.05) is 16.8 Å². The summed E-state index contributed by atoms with van der Waals surface area (Å²) in [5.41, 5.74) is 3.27. The van der Waals surface area contributed by atoms with E-state index in [0.717, 1.165) is 72.6 Å². The van der Waals surface area contributed by atoms with Crippen molar-refractivity contribution in [3.63, 3.8) is 0 Å². The normalized spacial score (nSPS) is 16.6. The van der Waals surface area contributed by atoms with Gasteiger partial charge >= 0.3 is 12.1 Å². The molecule has 1 fully saturated rings. The Morgan fingerprint density at radius 1 is 1.06 bits per heavy atom. The molecule has 1 aromatic heterocycles. The van der Waals surface area contributed by atoms with Gasteiger partial charge in [0, 0.05) is 19.3 Å². The quantitative estimate of drug-likeness (QED) is 0.476. The van der Waals surface area contributed by atoms with Gasteiger partial charge in [-0.05, 0) is 72.7 Å². The number of aryl methyl sites for hydroxylation is 1. The molecule has 0 amide bonds. The average Bonchev–Trinajstić information content (AvgIpc) is 3.60. The minimum Gasteiger partial charge on any atom is -0.478 e. The molecule has 176 valence electrons. The predicted molar refractivity (Wildman–Crippen MR) is 123 cm³/mol. The number of rotatable bonds is 6. The summed E-state index contributed by atoms with van der Waals surface area (Å²) in [5.74, 6) is -0.203. The molecule has 2 N–H and O–H groups in total.